The predicted octanol–water partition coefficient (Wildman–Crippen LogP) is 1.80. The van der Waals surface area contributed by atoms with E-state index in [1.54, 1.807) is 6.20 Å². The highest BCUT2D eigenvalue weighted by molar-refractivity contribution is 5.78. The van der Waals surface area contributed by atoms with E-state index in [9.17, 15) is 4.79 Å². The van der Waals surface area contributed by atoms with Gasteiger partial charge in [0.1, 0.15) is 0 Å². The number of nitrogens with one attached hydrogen (secondary N) is 1. The molecule has 2 aromatic heterocycles. The third-order valence-corrected chi connectivity index (χ3v) is 5.85. The Labute approximate surface area is 153 Å². The Kier molecular flexibility index (Phi) is 4.20. The number of carbonyl (C=O) groups is 1. The first-order chi connectivity index (χ1) is 12.5. The minimum atomic E-state index is 0.175. The van der Waals surface area contributed by atoms with E-state index < -0.39 is 0 Å². The largest absolute Gasteiger partial charge is 0.408 e. The summed E-state index contributed by atoms with van der Waals surface area (Å²) in [5.74, 6) is 1.26. The number of anilines is 1. The van der Waals surface area contributed by atoms with Gasteiger partial charge in [0, 0.05) is 49.9 Å². The summed E-state index contributed by atoms with van der Waals surface area (Å²) < 4.78 is 5.65. The molecule has 1 N–H and O–H groups in total. The zero-order chi connectivity index (χ0) is 18.3. The smallest absolute Gasteiger partial charge is 0.318 e. The van der Waals surface area contributed by atoms with Crippen LogP contribution in [-0.4, -0.2) is 56.9 Å². The molecule has 8 nitrogen and oxygen atoms in total. The first-order valence-corrected chi connectivity index (χ1v) is 9.31. The number of likely N-dealkylation sites (tertiary alicyclic amines) is 1. The molecular weight excluding hydrogens is 332 g/mol. The van der Waals surface area contributed by atoms with Crippen LogP contribution < -0.4 is 4.90 Å². The molecule has 2 saturated heterocycles. The van der Waals surface area contributed by atoms with Crippen LogP contribution in [0.25, 0.3) is 0 Å². The Balaban J connectivity index is 1.40. The predicted molar refractivity (Wildman–Crippen MR) is 95.5 cm³/mol. The average molecular weight is 358 g/mol. The maximum atomic E-state index is 12.5. The molecule has 26 heavy (non-hydrogen) atoms. The summed E-state index contributed by atoms with van der Waals surface area (Å²) in [5.41, 5.74) is 1.11. The number of rotatable bonds is 4. The maximum Gasteiger partial charge on any atom is 0.318 e. The molecule has 1 atom stereocenters. The molecule has 0 aliphatic carbocycles. The lowest BCUT2D eigenvalue weighted by atomic mass is 9.62. The van der Waals surface area contributed by atoms with E-state index in [4.69, 9.17) is 4.42 Å². The van der Waals surface area contributed by atoms with E-state index in [2.05, 4.69) is 39.1 Å². The summed E-state index contributed by atoms with van der Waals surface area (Å²) in [5, 5.41) is 14.9. The minimum absolute atomic E-state index is 0.175. The molecule has 2 aliphatic heterocycles. The molecule has 8 heteroatoms. The molecule has 0 saturated carbocycles. The number of aryl methyl sites for hydroxylation is 1. The highest BCUT2D eigenvalue weighted by Crippen LogP contribution is 2.50. The first-order valence-electron chi connectivity index (χ1n) is 9.31. The van der Waals surface area contributed by atoms with E-state index in [1.165, 1.54) is 0 Å². The van der Waals surface area contributed by atoms with Crippen LogP contribution in [0.1, 0.15) is 38.3 Å². The summed E-state index contributed by atoms with van der Waals surface area (Å²) in [6.07, 6.45) is 4.12. The number of H-pyrrole nitrogens is 1. The highest BCUT2D eigenvalue weighted by atomic mass is 16.4. The number of nitrogens with zero attached hydrogens (tertiary/aromatic N) is 5. The molecule has 1 unspecified atom stereocenters. The lowest BCUT2D eigenvalue weighted by molar-refractivity contribution is -0.134. The topological polar surface area (TPSA) is 91.2 Å². The van der Waals surface area contributed by atoms with Gasteiger partial charge in [-0.2, -0.15) is 5.10 Å². The fraction of sp³-hybridized carbons (Fsp3) is 0.667. The van der Waals surface area contributed by atoms with E-state index in [0.717, 1.165) is 38.2 Å². The highest BCUT2D eigenvalue weighted by Gasteiger charge is 2.56. The summed E-state index contributed by atoms with van der Waals surface area (Å²) in [6.45, 7) is 8.87. The fourth-order valence-electron chi connectivity index (χ4n) is 4.72. The van der Waals surface area contributed by atoms with Crippen molar-refractivity contribution in [2.24, 2.45) is 11.3 Å². The van der Waals surface area contributed by atoms with E-state index in [-0.39, 0.29) is 11.3 Å². The molecule has 0 aromatic carbocycles. The Morgan fingerprint density at radius 2 is 2.15 bits per heavy atom. The molecule has 140 valence electrons. The van der Waals surface area contributed by atoms with E-state index >= 15 is 0 Å². The second kappa shape index (κ2) is 6.41. The molecule has 2 aliphatic rings. The number of piperidine rings is 1. The number of carbonyl (C=O) groups excluding carboxylic acids is 1. The third-order valence-electron chi connectivity index (χ3n) is 5.85. The third kappa shape index (κ3) is 2.87. The lowest BCUT2D eigenvalue weighted by Gasteiger charge is -2.61. The van der Waals surface area contributed by atoms with Crippen molar-refractivity contribution in [3.05, 3.63) is 23.8 Å². The van der Waals surface area contributed by atoms with Crippen LogP contribution >= 0.6 is 0 Å². The molecule has 1 amide bonds. The molecule has 2 aromatic rings. The standard InChI is InChI=1S/C18H26N6O2/c1-12(2)16-18(11-24(16)17-22-20-13(3)26-17)5-8-23(9-6-18)15(25)10-14-4-7-19-21-14/h4,7,12,16H,5-6,8-11H2,1-3H3,(H,19,21). The van der Waals surface area contributed by atoms with Gasteiger partial charge >= 0.3 is 6.01 Å². The van der Waals surface area contributed by atoms with Crippen molar-refractivity contribution in [3.8, 4) is 0 Å². The Hall–Kier alpha value is -2.38. The lowest BCUT2D eigenvalue weighted by Crippen LogP contribution is -2.69. The van der Waals surface area contributed by atoms with Gasteiger partial charge in [0.05, 0.1) is 6.42 Å². The van der Waals surface area contributed by atoms with E-state index in [0.29, 0.717) is 30.3 Å². The van der Waals surface area contributed by atoms with Gasteiger partial charge in [-0.25, -0.2) is 0 Å². The quantitative estimate of drug-likeness (QED) is 0.896. The summed E-state index contributed by atoms with van der Waals surface area (Å²) in [4.78, 5) is 16.8. The second-order valence-corrected chi connectivity index (χ2v) is 7.92. The zero-order valence-electron chi connectivity index (χ0n) is 15.6. The van der Waals surface area contributed by atoms with E-state index in [1.807, 2.05) is 17.9 Å². The Morgan fingerprint density at radius 1 is 1.38 bits per heavy atom. The summed E-state index contributed by atoms with van der Waals surface area (Å²) >= 11 is 0. The van der Waals surface area contributed by atoms with Gasteiger partial charge in [0.15, 0.2) is 0 Å². The minimum Gasteiger partial charge on any atom is -0.408 e. The molecule has 2 fully saturated rings. The van der Waals surface area contributed by atoms with Crippen LogP contribution in [0, 0.1) is 18.3 Å². The van der Waals surface area contributed by atoms with Gasteiger partial charge in [0.25, 0.3) is 0 Å². The van der Waals surface area contributed by atoms with Crippen molar-refractivity contribution in [2.45, 2.75) is 46.1 Å². The SMILES string of the molecule is Cc1nnc(N2CC3(CCN(C(=O)Cc4ccn[nH]4)CC3)C2C(C)C)o1. The van der Waals surface area contributed by atoms with Gasteiger partial charge in [-0.15, -0.1) is 5.10 Å². The molecule has 4 heterocycles. The number of hydrogen-bond acceptors (Lipinski definition) is 6. The zero-order valence-corrected chi connectivity index (χ0v) is 15.6. The van der Waals surface area contributed by atoms with Gasteiger partial charge < -0.3 is 14.2 Å². The van der Waals surface area contributed by atoms with Crippen molar-refractivity contribution < 1.29 is 9.21 Å². The van der Waals surface area contributed by atoms with Gasteiger partial charge in [-0.1, -0.05) is 18.9 Å². The number of aromatic nitrogens is 4. The normalized spacial score (nSPS) is 22.1. The molecule has 0 bridgehead atoms. The van der Waals surface area contributed by atoms with Crippen molar-refractivity contribution in [2.75, 3.05) is 24.5 Å². The average Bonchev–Trinajstić information content (AvgIpc) is 3.24. The molecule has 1 spiro atoms. The van der Waals surface area contributed by atoms with Crippen LogP contribution in [-0.2, 0) is 11.2 Å². The van der Waals surface area contributed by atoms with Crippen LogP contribution in [0.3, 0.4) is 0 Å². The maximum absolute atomic E-state index is 12.5. The molecule has 0 radical (unpaired) electrons. The first kappa shape index (κ1) is 17.1. The van der Waals surface area contributed by atoms with Crippen LogP contribution in [0.2, 0.25) is 0 Å². The monoisotopic (exact) mass is 358 g/mol. The van der Waals surface area contributed by atoms with Crippen LogP contribution in [0.5, 0.6) is 0 Å². The Morgan fingerprint density at radius 3 is 2.73 bits per heavy atom. The Bertz CT molecular complexity index is 761. The number of amides is 1. The molecular formula is C18H26N6O2. The van der Waals surface area contributed by atoms with Crippen molar-refractivity contribution in [1.82, 2.24) is 25.3 Å². The van der Waals surface area contributed by atoms with Crippen molar-refractivity contribution >= 4 is 11.9 Å². The van der Waals surface area contributed by atoms with Gasteiger partial charge in [0.2, 0.25) is 11.8 Å². The van der Waals surface area contributed by atoms with Crippen LogP contribution in [0.4, 0.5) is 6.01 Å². The molecule has 4 rings (SSSR count). The van der Waals surface area contributed by atoms with Crippen molar-refractivity contribution in [1.29, 1.82) is 0 Å². The number of hydrogen-bond donors (Lipinski definition) is 1. The van der Waals surface area contributed by atoms with Gasteiger partial charge in [-0.05, 0) is 24.8 Å². The second-order valence-electron chi connectivity index (χ2n) is 7.92. The number of aromatic amines is 1. The van der Waals surface area contributed by atoms with Crippen LogP contribution in [0.15, 0.2) is 16.7 Å². The van der Waals surface area contributed by atoms with Crippen molar-refractivity contribution in [3.63, 3.8) is 0 Å². The fourth-order valence-corrected chi connectivity index (χ4v) is 4.72. The summed E-state index contributed by atoms with van der Waals surface area (Å²) in [6, 6.07) is 2.87. The summed E-state index contributed by atoms with van der Waals surface area (Å²) in [7, 11) is 0. The van der Waals surface area contributed by atoms with Gasteiger partial charge in [-0.3, -0.25) is 9.89 Å².